The Morgan fingerprint density at radius 1 is 1.61 bits per heavy atom. The molecule has 18 heavy (non-hydrogen) atoms. The third kappa shape index (κ3) is 3.60. The Bertz CT molecular complexity index is 306. The summed E-state index contributed by atoms with van der Waals surface area (Å²) in [5.41, 5.74) is 0.374. The first-order valence-corrected chi connectivity index (χ1v) is 9.53. The molecule has 1 N–H and O–H groups in total. The van der Waals surface area contributed by atoms with Gasteiger partial charge < -0.3 is 5.32 Å². The van der Waals surface area contributed by atoms with Crippen LogP contribution in [0.15, 0.2) is 4.99 Å². The minimum Gasteiger partial charge on any atom is -0.359 e. The lowest BCUT2D eigenvalue weighted by Crippen LogP contribution is -2.47. The summed E-state index contributed by atoms with van der Waals surface area (Å²) in [5, 5.41) is 4.98. The van der Waals surface area contributed by atoms with Gasteiger partial charge in [0.05, 0.1) is 6.04 Å². The summed E-state index contributed by atoms with van der Waals surface area (Å²) in [7, 11) is 0. The minimum atomic E-state index is 0.374. The van der Waals surface area contributed by atoms with Crippen LogP contribution in [0.3, 0.4) is 0 Å². The Labute approximate surface area is 120 Å². The van der Waals surface area contributed by atoms with Gasteiger partial charge in [0.25, 0.3) is 0 Å². The zero-order chi connectivity index (χ0) is 13.0. The Kier molecular flexibility index (Phi) is 5.31. The van der Waals surface area contributed by atoms with Gasteiger partial charge in [-0.2, -0.15) is 11.8 Å². The zero-order valence-corrected chi connectivity index (χ0v) is 13.5. The number of hydrogen-bond acceptors (Lipinski definition) is 3. The van der Waals surface area contributed by atoms with Crippen LogP contribution in [0.1, 0.15) is 46.0 Å². The lowest BCUT2D eigenvalue weighted by Gasteiger charge is -2.36. The van der Waals surface area contributed by atoms with Crippen LogP contribution in [-0.2, 0) is 0 Å². The summed E-state index contributed by atoms with van der Waals surface area (Å²) in [6, 6.07) is 0.492. The third-order valence-electron chi connectivity index (χ3n) is 4.08. The van der Waals surface area contributed by atoms with Crippen LogP contribution in [0.25, 0.3) is 0 Å². The van der Waals surface area contributed by atoms with E-state index in [1.54, 1.807) is 0 Å². The molecule has 0 aromatic carbocycles. The fourth-order valence-corrected chi connectivity index (χ4v) is 5.04. The SMILES string of the molecule is CCC(CSC)N=C1NC2(CCCC(C)C2)CS1. The standard InChI is InChI=1S/C14H26N2S2/c1-4-12(9-17-3)15-13-16-14(10-18-13)7-5-6-11(2)8-14/h11-12H,4-10H2,1-3H3,(H,15,16). The number of hydrogen-bond donors (Lipinski definition) is 1. The number of amidine groups is 1. The maximum absolute atomic E-state index is 4.91. The van der Waals surface area contributed by atoms with Gasteiger partial charge in [-0.15, -0.1) is 0 Å². The Balaban J connectivity index is 1.96. The molecule has 0 bridgehead atoms. The first-order chi connectivity index (χ1) is 8.67. The number of rotatable bonds is 4. The number of nitrogens with one attached hydrogen (secondary N) is 1. The molecule has 2 fully saturated rings. The summed E-state index contributed by atoms with van der Waals surface area (Å²) in [4.78, 5) is 4.91. The van der Waals surface area contributed by atoms with Gasteiger partial charge in [0.1, 0.15) is 0 Å². The van der Waals surface area contributed by atoms with Crippen LogP contribution in [0.4, 0.5) is 0 Å². The average molecular weight is 287 g/mol. The van der Waals surface area contributed by atoms with Crippen molar-refractivity contribution in [3.63, 3.8) is 0 Å². The quantitative estimate of drug-likeness (QED) is 0.851. The van der Waals surface area contributed by atoms with E-state index in [-0.39, 0.29) is 0 Å². The topological polar surface area (TPSA) is 24.4 Å². The highest BCUT2D eigenvalue weighted by molar-refractivity contribution is 8.14. The zero-order valence-electron chi connectivity index (χ0n) is 11.9. The predicted octanol–water partition coefficient (Wildman–Crippen LogP) is 3.77. The molecule has 2 nitrogen and oxygen atoms in total. The van der Waals surface area contributed by atoms with Gasteiger partial charge in [0.2, 0.25) is 0 Å². The molecule has 1 aliphatic heterocycles. The van der Waals surface area contributed by atoms with Gasteiger partial charge in [-0.1, -0.05) is 38.5 Å². The Hall–Kier alpha value is 0.170. The molecule has 1 aliphatic carbocycles. The number of nitrogens with zero attached hydrogens (tertiary/aromatic N) is 1. The van der Waals surface area contributed by atoms with Crippen molar-refractivity contribution in [1.82, 2.24) is 5.32 Å². The van der Waals surface area contributed by atoms with E-state index >= 15 is 0 Å². The lowest BCUT2D eigenvalue weighted by molar-refractivity contribution is 0.242. The van der Waals surface area contributed by atoms with Crippen LogP contribution in [0, 0.1) is 5.92 Å². The van der Waals surface area contributed by atoms with Crippen LogP contribution in [-0.4, -0.2) is 34.5 Å². The molecule has 0 aromatic heterocycles. The van der Waals surface area contributed by atoms with Crippen LogP contribution in [0.5, 0.6) is 0 Å². The summed E-state index contributed by atoms with van der Waals surface area (Å²) in [5.74, 6) is 3.25. The van der Waals surface area contributed by atoms with E-state index in [9.17, 15) is 0 Å². The van der Waals surface area contributed by atoms with Crippen LogP contribution in [0.2, 0.25) is 0 Å². The molecule has 1 spiro atoms. The van der Waals surface area contributed by atoms with Crippen molar-refractivity contribution in [3.05, 3.63) is 0 Å². The van der Waals surface area contributed by atoms with Crippen LogP contribution >= 0.6 is 23.5 Å². The van der Waals surface area contributed by atoms with Crippen molar-refractivity contribution in [2.75, 3.05) is 17.8 Å². The fourth-order valence-electron chi connectivity index (χ4n) is 3.08. The minimum absolute atomic E-state index is 0.374. The van der Waals surface area contributed by atoms with E-state index in [0.29, 0.717) is 11.6 Å². The normalized spacial score (nSPS) is 35.9. The first-order valence-electron chi connectivity index (χ1n) is 7.15. The highest BCUT2D eigenvalue weighted by Crippen LogP contribution is 2.38. The summed E-state index contributed by atoms with van der Waals surface area (Å²) in [6.45, 7) is 4.63. The van der Waals surface area contributed by atoms with Gasteiger partial charge in [-0.25, -0.2) is 0 Å². The molecule has 2 aliphatic rings. The molecule has 4 heteroatoms. The van der Waals surface area contributed by atoms with E-state index in [1.807, 2.05) is 23.5 Å². The van der Waals surface area contributed by atoms with E-state index in [1.165, 1.54) is 36.6 Å². The first kappa shape index (κ1) is 14.6. The highest BCUT2D eigenvalue weighted by atomic mass is 32.2. The van der Waals surface area contributed by atoms with Gasteiger partial charge in [0, 0.05) is 17.0 Å². The maximum atomic E-state index is 4.91. The van der Waals surface area contributed by atoms with Crippen LogP contribution < -0.4 is 5.32 Å². The molecule has 1 heterocycles. The van der Waals surface area contributed by atoms with Crippen molar-refractivity contribution in [1.29, 1.82) is 0 Å². The highest BCUT2D eigenvalue weighted by Gasteiger charge is 2.40. The molecule has 0 amide bonds. The molecule has 3 atom stereocenters. The molecular weight excluding hydrogens is 260 g/mol. The molecule has 2 rings (SSSR count). The van der Waals surface area contributed by atoms with E-state index in [0.717, 1.165) is 18.1 Å². The summed E-state index contributed by atoms with van der Waals surface area (Å²) < 4.78 is 0. The van der Waals surface area contributed by atoms with Gasteiger partial charge in [0.15, 0.2) is 5.17 Å². The van der Waals surface area contributed by atoms with E-state index in [2.05, 4.69) is 25.4 Å². The average Bonchev–Trinajstić information content (AvgIpc) is 2.71. The molecule has 1 saturated heterocycles. The molecule has 0 radical (unpaired) electrons. The molecule has 3 unspecified atom stereocenters. The maximum Gasteiger partial charge on any atom is 0.157 e. The van der Waals surface area contributed by atoms with Crippen molar-refractivity contribution >= 4 is 28.7 Å². The largest absolute Gasteiger partial charge is 0.359 e. The van der Waals surface area contributed by atoms with E-state index < -0.39 is 0 Å². The number of aliphatic imine (C=N–C) groups is 1. The molecular formula is C14H26N2S2. The molecule has 104 valence electrons. The molecule has 1 saturated carbocycles. The van der Waals surface area contributed by atoms with Crippen molar-refractivity contribution in [2.24, 2.45) is 10.9 Å². The van der Waals surface area contributed by atoms with Crippen molar-refractivity contribution < 1.29 is 0 Å². The second kappa shape index (κ2) is 6.56. The second-order valence-corrected chi connectivity index (χ2v) is 7.72. The Morgan fingerprint density at radius 3 is 3.11 bits per heavy atom. The van der Waals surface area contributed by atoms with Crippen molar-refractivity contribution in [3.8, 4) is 0 Å². The van der Waals surface area contributed by atoms with Gasteiger partial charge >= 0.3 is 0 Å². The van der Waals surface area contributed by atoms with Gasteiger partial charge in [-0.05, 0) is 31.4 Å². The lowest BCUT2D eigenvalue weighted by atomic mass is 9.78. The predicted molar refractivity (Wildman–Crippen MR) is 85.9 cm³/mol. The second-order valence-electron chi connectivity index (χ2n) is 5.85. The molecule has 0 aromatic rings. The fraction of sp³-hybridized carbons (Fsp3) is 0.929. The number of thioether (sulfide) groups is 2. The third-order valence-corrected chi connectivity index (χ3v) is 5.97. The monoisotopic (exact) mass is 286 g/mol. The van der Waals surface area contributed by atoms with E-state index in [4.69, 9.17) is 4.99 Å². The van der Waals surface area contributed by atoms with Gasteiger partial charge in [-0.3, -0.25) is 4.99 Å². The summed E-state index contributed by atoms with van der Waals surface area (Å²) >= 11 is 3.85. The van der Waals surface area contributed by atoms with Crippen molar-refractivity contribution in [2.45, 2.75) is 57.5 Å². The Morgan fingerprint density at radius 2 is 2.44 bits per heavy atom. The smallest absolute Gasteiger partial charge is 0.157 e. The summed E-state index contributed by atoms with van der Waals surface area (Å²) in [6.07, 6.45) is 8.77.